The van der Waals surface area contributed by atoms with E-state index in [0.29, 0.717) is 5.56 Å². The van der Waals surface area contributed by atoms with Gasteiger partial charge in [0.05, 0.1) is 11.0 Å². The number of ether oxygens (including phenoxy) is 2. The Hall–Kier alpha value is -3.50. The van der Waals surface area contributed by atoms with Crippen molar-refractivity contribution in [2.75, 3.05) is 6.73 Å². The van der Waals surface area contributed by atoms with Gasteiger partial charge in [-0.15, -0.1) is 0 Å². The number of carbonyl (C=O) groups excluding carboxylic acids is 2. The lowest BCUT2D eigenvalue weighted by atomic mass is 10.00. The number of aliphatic hydroxyl groups is 1. The number of alkyl carbamates (subject to hydrolysis) is 1. The van der Waals surface area contributed by atoms with Gasteiger partial charge in [-0.25, -0.2) is 4.79 Å². The van der Waals surface area contributed by atoms with E-state index in [-0.39, 0.29) is 31.4 Å². The van der Waals surface area contributed by atoms with Crippen molar-refractivity contribution in [2.24, 2.45) is 5.92 Å². The van der Waals surface area contributed by atoms with Crippen LogP contribution in [0.1, 0.15) is 25.0 Å². The van der Waals surface area contributed by atoms with Gasteiger partial charge in [0.25, 0.3) is 5.69 Å². The van der Waals surface area contributed by atoms with Crippen LogP contribution in [0.5, 0.6) is 0 Å². The van der Waals surface area contributed by atoms with E-state index in [2.05, 4.69) is 5.32 Å². The number of amides is 2. The smallest absolute Gasteiger partial charge is 0.408 e. The summed E-state index contributed by atoms with van der Waals surface area (Å²) in [7, 11) is 0. The fourth-order valence-corrected chi connectivity index (χ4v) is 3.53. The van der Waals surface area contributed by atoms with Gasteiger partial charge in [-0.05, 0) is 23.5 Å². The first-order valence-electron chi connectivity index (χ1n) is 10.6. The largest absolute Gasteiger partial charge is 0.445 e. The minimum Gasteiger partial charge on any atom is -0.445 e. The Morgan fingerprint density at radius 1 is 1.18 bits per heavy atom. The van der Waals surface area contributed by atoms with E-state index >= 15 is 0 Å². The zero-order valence-electron chi connectivity index (χ0n) is 18.4. The Kier molecular flexibility index (Phi) is 7.96. The summed E-state index contributed by atoms with van der Waals surface area (Å²) in [4.78, 5) is 37.3. The molecule has 3 rings (SSSR count). The quantitative estimate of drug-likeness (QED) is 0.460. The summed E-state index contributed by atoms with van der Waals surface area (Å²) in [5, 5.41) is 23.8. The van der Waals surface area contributed by atoms with Crippen molar-refractivity contribution in [1.29, 1.82) is 0 Å². The number of hydrogen-bond donors (Lipinski definition) is 2. The summed E-state index contributed by atoms with van der Waals surface area (Å²) in [5.41, 5.74) is 1.47. The maximum atomic E-state index is 13.3. The summed E-state index contributed by atoms with van der Waals surface area (Å²) < 4.78 is 10.5. The van der Waals surface area contributed by atoms with Gasteiger partial charge >= 0.3 is 6.09 Å². The summed E-state index contributed by atoms with van der Waals surface area (Å²) in [5.74, 6) is -0.662. The average molecular weight is 457 g/mol. The Balaban J connectivity index is 1.65. The zero-order chi connectivity index (χ0) is 24.0. The van der Waals surface area contributed by atoms with E-state index in [1.54, 1.807) is 26.0 Å². The number of carbonyl (C=O) groups is 2. The van der Waals surface area contributed by atoms with Crippen LogP contribution in [-0.4, -0.2) is 52.0 Å². The van der Waals surface area contributed by atoms with Crippen LogP contribution in [0, 0.1) is 16.0 Å². The van der Waals surface area contributed by atoms with Gasteiger partial charge in [0.1, 0.15) is 19.4 Å². The lowest BCUT2D eigenvalue weighted by Crippen LogP contribution is -2.53. The van der Waals surface area contributed by atoms with E-state index < -0.39 is 35.3 Å². The van der Waals surface area contributed by atoms with Gasteiger partial charge < -0.3 is 24.8 Å². The Morgan fingerprint density at radius 2 is 1.85 bits per heavy atom. The maximum Gasteiger partial charge on any atom is 0.408 e. The van der Waals surface area contributed by atoms with Crippen molar-refractivity contribution in [1.82, 2.24) is 10.2 Å². The molecule has 176 valence electrons. The molecule has 10 nitrogen and oxygen atoms in total. The van der Waals surface area contributed by atoms with Crippen molar-refractivity contribution in [3.8, 4) is 0 Å². The Bertz CT molecular complexity index is 966. The minimum absolute atomic E-state index is 0.0482. The molecule has 0 saturated carbocycles. The highest BCUT2D eigenvalue weighted by molar-refractivity contribution is 5.86. The predicted molar refractivity (Wildman–Crippen MR) is 118 cm³/mol. The standard InChI is InChI=1S/C23H27N3O7/c1-15(2)20(24-23(29)32-13-17-6-4-3-5-7-17)21(27)25-14-33-22(28)19(25)12-16-8-10-18(11-9-16)26(30)31/h3-11,15,19-20,22,28H,12-14H2,1-2H3,(H,24,29)/t19-,20?,22+/m0/s1. The monoisotopic (exact) mass is 457 g/mol. The molecule has 10 heteroatoms. The molecule has 2 aromatic carbocycles. The van der Waals surface area contributed by atoms with Crippen molar-refractivity contribution >= 4 is 17.7 Å². The van der Waals surface area contributed by atoms with Gasteiger partial charge in [-0.1, -0.05) is 56.3 Å². The molecule has 1 aliphatic heterocycles. The Labute approximate surface area is 191 Å². The molecule has 0 radical (unpaired) electrons. The topological polar surface area (TPSA) is 131 Å². The van der Waals surface area contributed by atoms with Crippen LogP contribution in [-0.2, 0) is 27.3 Å². The van der Waals surface area contributed by atoms with Crippen LogP contribution in [0.3, 0.4) is 0 Å². The number of hydrogen-bond acceptors (Lipinski definition) is 7. The predicted octanol–water partition coefficient (Wildman–Crippen LogP) is 2.59. The molecule has 0 spiro atoms. The second kappa shape index (κ2) is 10.9. The third-order valence-electron chi connectivity index (χ3n) is 5.41. The van der Waals surface area contributed by atoms with E-state index in [1.165, 1.54) is 17.0 Å². The van der Waals surface area contributed by atoms with Crippen LogP contribution in [0.2, 0.25) is 0 Å². The first-order valence-corrected chi connectivity index (χ1v) is 10.6. The van der Waals surface area contributed by atoms with Gasteiger partial charge in [-0.3, -0.25) is 14.9 Å². The molecule has 0 bridgehead atoms. The van der Waals surface area contributed by atoms with Crippen molar-refractivity contribution in [3.05, 3.63) is 75.8 Å². The highest BCUT2D eigenvalue weighted by atomic mass is 16.6. The number of nitrogens with zero attached hydrogens (tertiary/aromatic N) is 2. The summed E-state index contributed by atoms with van der Waals surface area (Å²) in [6, 6.07) is 13.5. The number of non-ortho nitro benzene ring substituents is 1. The molecule has 1 fully saturated rings. The van der Waals surface area contributed by atoms with Crippen molar-refractivity contribution < 1.29 is 29.1 Å². The van der Waals surface area contributed by atoms with Crippen LogP contribution in [0.25, 0.3) is 0 Å². The summed E-state index contributed by atoms with van der Waals surface area (Å²) in [6.45, 7) is 3.51. The first-order chi connectivity index (χ1) is 15.8. The maximum absolute atomic E-state index is 13.3. The molecule has 33 heavy (non-hydrogen) atoms. The van der Waals surface area contributed by atoms with Crippen molar-refractivity contribution in [2.45, 2.75) is 45.2 Å². The highest BCUT2D eigenvalue weighted by Crippen LogP contribution is 2.23. The van der Waals surface area contributed by atoms with Crippen molar-refractivity contribution in [3.63, 3.8) is 0 Å². The molecule has 0 aromatic heterocycles. The Morgan fingerprint density at radius 3 is 2.45 bits per heavy atom. The van der Waals surface area contributed by atoms with Crippen LogP contribution in [0.4, 0.5) is 10.5 Å². The molecule has 1 heterocycles. The number of benzene rings is 2. The van der Waals surface area contributed by atoms with Crippen LogP contribution >= 0.6 is 0 Å². The number of nitro benzene ring substituents is 1. The minimum atomic E-state index is -1.22. The molecule has 1 aliphatic rings. The molecule has 2 aromatic rings. The summed E-state index contributed by atoms with van der Waals surface area (Å²) >= 11 is 0. The number of rotatable bonds is 8. The van der Waals surface area contributed by atoms with Crippen LogP contribution in [0.15, 0.2) is 54.6 Å². The number of nitrogens with one attached hydrogen (secondary N) is 1. The molecular weight excluding hydrogens is 430 g/mol. The lowest BCUT2D eigenvalue weighted by Gasteiger charge is -2.30. The van der Waals surface area contributed by atoms with Gasteiger partial charge in [0.2, 0.25) is 5.91 Å². The average Bonchev–Trinajstić information content (AvgIpc) is 3.16. The number of nitro groups is 1. The fraction of sp³-hybridized carbons (Fsp3) is 0.391. The van der Waals surface area contributed by atoms with Gasteiger partial charge in [-0.2, -0.15) is 0 Å². The zero-order valence-corrected chi connectivity index (χ0v) is 18.4. The van der Waals surface area contributed by atoms with Gasteiger partial charge in [0.15, 0.2) is 6.29 Å². The fourth-order valence-electron chi connectivity index (χ4n) is 3.53. The highest BCUT2D eigenvalue weighted by Gasteiger charge is 2.41. The molecule has 2 amide bonds. The lowest BCUT2D eigenvalue weighted by molar-refractivity contribution is -0.384. The first kappa shape index (κ1) is 24.1. The van der Waals surface area contributed by atoms with E-state index in [1.807, 2.05) is 30.3 Å². The van der Waals surface area contributed by atoms with E-state index in [0.717, 1.165) is 5.56 Å². The summed E-state index contributed by atoms with van der Waals surface area (Å²) in [6.07, 6.45) is -1.71. The third-order valence-corrected chi connectivity index (χ3v) is 5.41. The molecule has 2 N–H and O–H groups in total. The normalized spacial score (nSPS) is 18.7. The second-order valence-electron chi connectivity index (χ2n) is 8.12. The molecular formula is C23H27N3O7. The molecule has 1 saturated heterocycles. The third kappa shape index (κ3) is 6.27. The van der Waals surface area contributed by atoms with E-state index in [4.69, 9.17) is 9.47 Å². The SMILES string of the molecule is CC(C)C(NC(=O)OCc1ccccc1)C(=O)N1CO[C@@H](O)[C@@H]1Cc1ccc([N+](=O)[O-])cc1. The number of aliphatic hydroxyl groups excluding tert-OH is 1. The molecule has 1 unspecified atom stereocenters. The molecule has 0 aliphatic carbocycles. The van der Waals surface area contributed by atoms with Crippen LogP contribution < -0.4 is 5.32 Å². The van der Waals surface area contributed by atoms with E-state index in [9.17, 15) is 24.8 Å². The van der Waals surface area contributed by atoms with Gasteiger partial charge in [0, 0.05) is 12.1 Å². The molecule has 3 atom stereocenters. The second-order valence-corrected chi connectivity index (χ2v) is 8.12.